The van der Waals surface area contributed by atoms with Crippen LogP contribution in [-0.4, -0.2) is 11.5 Å². The molecule has 0 aliphatic heterocycles. The minimum atomic E-state index is -0.181. The largest absolute Gasteiger partial charge is 0.309 e. The van der Waals surface area contributed by atoms with E-state index in [1.807, 2.05) is 13.0 Å². The molecule has 1 heterocycles. The fraction of sp³-hybridized carbons (Fsp3) is 0.471. The highest BCUT2D eigenvalue weighted by Crippen LogP contribution is 2.38. The molecule has 2 aromatic rings. The standard InChI is InChI=1S/C17H21FN2S/c1-3-9-19-14-5-4-6-15-16(14)21-17(20-15)13-8-7-12(18)10-11(13)2/h7-8,10,14,19H,3-6,9H2,1-2H3. The van der Waals surface area contributed by atoms with Crippen LogP contribution < -0.4 is 5.32 Å². The number of fused-ring (bicyclic) bond motifs is 1. The van der Waals surface area contributed by atoms with Crippen molar-refractivity contribution in [3.63, 3.8) is 0 Å². The molecule has 1 atom stereocenters. The van der Waals surface area contributed by atoms with Crippen LogP contribution in [-0.2, 0) is 6.42 Å². The van der Waals surface area contributed by atoms with E-state index in [9.17, 15) is 4.39 Å². The van der Waals surface area contributed by atoms with Crippen LogP contribution in [0.3, 0.4) is 0 Å². The maximum absolute atomic E-state index is 13.3. The average molecular weight is 304 g/mol. The smallest absolute Gasteiger partial charge is 0.124 e. The first kappa shape index (κ1) is 14.7. The lowest BCUT2D eigenvalue weighted by molar-refractivity contribution is 0.465. The Bertz CT molecular complexity index is 636. The summed E-state index contributed by atoms with van der Waals surface area (Å²) >= 11 is 1.77. The Kier molecular flexibility index (Phi) is 4.36. The molecule has 1 aromatic carbocycles. The predicted octanol–water partition coefficient (Wildman–Crippen LogP) is 4.63. The zero-order chi connectivity index (χ0) is 14.8. The van der Waals surface area contributed by atoms with Crippen LogP contribution in [0.15, 0.2) is 18.2 Å². The third-order valence-corrected chi connectivity index (χ3v) is 5.25. The molecular formula is C17H21FN2S. The summed E-state index contributed by atoms with van der Waals surface area (Å²) in [7, 11) is 0. The number of thiazole rings is 1. The van der Waals surface area contributed by atoms with Crippen molar-refractivity contribution in [2.45, 2.75) is 45.6 Å². The average Bonchev–Trinajstić information content (AvgIpc) is 2.89. The molecular weight excluding hydrogens is 283 g/mol. The first-order valence-corrected chi connectivity index (χ1v) is 8.50. The van der Waals surface area contributed by atoms with Gasteiger partial charge in [0.1, 0.15) is 10.8 Å². The maximum atomic E-state index is 13.3. The quantitative estimate of drug-likeness (QED) is 0.890. The van der Waals surface area contributed by atoms with Crippen molar-refractivity contribution in [3.8, 4) is 10.6 Å². The minimum Gasteiger partial charge on any atom is -0.309 e. The van der Waals surface area contributed by atoms with Gasteiger partial charge in [0.15, 0.2) is 0 Å². The summed E-state index contributed by atoms with van der Waals surface area (Å²) in [5.41, 5.74) is 3.25. The van der Waals surface area contributed by atoms with Crippen LogP contribution in [0.2, 0.25) is 0 Å². The molecule has 112 valence electrons. The van der Waals surface area contributed by atoms with Gasteiger partial charge >= 0.3 is 0 Å². The Hall–Kier alpha value is -1.26. The summed E-state index contributed by atoms with van der Waals surface area (Å²) in [6.45, 7) is 5.19. The van der Waals surface area contributed by atoms with E-state index in [-0.39, 0.29) is 5.82 Å². The Morgan fingerprint density at radius 1 is 1.43 bits per heavy atom. The zero-order valence-corrected chi connectivity index (χ0v) is 13.4. The van der Waals surface area contributed by atoms with Crippen LogP contribution in [0.25, 0.3) is 10.6 Å². The van der Waals surface area contributed by atoms with Gasteiger partial charge < -0.3 is 5.32 Å². The molecule has 1 N–H and O–H groups in total. The third kappa shape index (κ3) is 3.01. The second kappa shape index (κ2) is 6.24. The summed E-state index contributed by atoms with van der Waals surface area (Å²) in [5, 5.41) is 4.66. The lowest BCUT2D eigenvalue weighted by Crippen LogP contribution is -2.24. The number of aromatic nitrogens is 1. The SMILES string of the molecule is CCCNC1CCCc2nc(-c3ccc(F)cc3C)sc21. The molecule has 4 heteroatoms. The highest BCUT2D eigenvalue weighted by atomic mass is 32.1. The molecule has 1 aliphatic carbocycles. The molecule has 0 radical (unpaired) electrons. The number of hydrogen-bond acceptors (Lipinski definition) is 3. The van der Waals surface area contributed by atoms with Crippen molar-refractivity contribution in [2.24, 2.45) is 0 Å². The monoisotopic (exact) mass is 304 g/mol. The number of benzene rings is 1. The van der Waals surface area contributed by atoms with Crippen molar-refractivity contribution < 1.29 is 4.39 Å². The minimum absolute atomic E-state index is 0.181. The number of aryl methyl sites for hydroxylation is 2. The van der Waals surface area contributed by atoms with Gasteiger partial charge in [-0.05, 0) is 62.9 Å². The Balaban J connectivity index is 1.94. The second-order valence-electron chi connectivity index (χ2n) is 5.69. The number of hydrogen-bond donors (Lipinski definition) is 1. The molecule has 1 aliphatic rings. The van der Waals surface area contributed by atoms with E-state index < -0.39 is 0 Å². The number of nitrogens with zero attached hydrogens (tertiary/aromatic N) is 1. The molecule has 0 bridgehead atoms. The van der Waals surface area contributed by atoms with Crippen molar-refractivity contribution in [2.75, 3.05) is 6.54 Å². The molecule has 0 amide bonds. The number of halogens is 1. The Morgan fingerprint density at radius 2 is 2.29 bits per heavy atom. The van der Waals surface area contributed by atoms with E-state index in [0.29, 0.717) is 6.04 Å². The molecule has 1 unspecified atom stereocenters. The molecule has 3 rings (SSSR count). The highest BCUT2D eigenvalue weighted by Gasteiger charge is 2.24. The highest BCUT2D eigenvalue weighted by molar-refractivity contribution is 7.15. The number of nitrogens with one attached hydrogen (secondary N) is 1. The first-order valence-electron chi connectivity index (χ1n) is 7.68. The van der Waals surface area contributed by atoms with Crippen molar-refractivity contribution >= 4 is 11.3 Å². The van der Waals surface area contributed by atoms with Gasteiger partial charge in [0.25, 0.3) is 0 Å². The van der Waals surface area contributed by atoms with E-state index in [1.54, 1.807) is 17.4 Å². The fourth-order valence-electron chi connectivity index (χ4n) is 2.92. The molecule has 2 nitrogen and oxygen atoms in total. The third-order valence-electron chi connectivity index (χ3n) is 4.01. The molecule has 0 spiro atoms. The van der Waals surface area contributed by atoms with Gasteiger partial charge in [-0.3, -0.25) is 0 Å². The van der Waals surface area contributed by atoms with Crippen LogP contribution >= 0.6 is 11.3 Å². The Morgan fingerprint density at radius 3 is 3.05 bits per heavy atom. The summed E-state index contributed by atoms with van der Waals surface area (Å²) in [6.07, 6.45) is 4.60. The molecule has 0 fully saturated rings. The van der Waals surface area contributed by atoms with E-state index in [2.05, 4.69) is 12.2 Å². The van der Waals surface area contributed by atoms with Crippen LogP contribution in [0.5, 0.6) is 0 Å². The first-order chi connectivity index (χ1) is 10.2. The zero-order valence-electron chi connectivity index (χ0n) is 12.6. The number of rotatable bonds is 4. The van der Waals surface area contributed by atoms with E-state index in [1.165, 1.54) is 29.5 Å². The lowest BCUT2D eigenvalue weighted by Gasteiger charge is -2.22. The van der Waals surface area contributed by atoms with Crippen molar-refractivity contribution in [1.82, 2.24) is 10.3 Å². The van der Waals surface area contributed by atoms with Gasteiger partial charge in [-0.1, -0.05) is 6.92 Å². The molecule has 1 aromatic heterocycles. The lowest BCUT2D eigenvalue weighted by atomic mass is 9.98. The van der Waals surface area contributed by atoms with Crippen molar-refractivity contribution in [1.29, 1.82) is 0 Å². The predicted molar refractivity (Wildman–Crippen MR) is 86.2 cm³/mol. The summed E-state index contributed by atoms with van der Waals surface area (Å²) < 4.78 is 13.3. The van der Waals surface area contributed by atoms with Gasteiger partial charge in [0.05, 0.1) is 5.69 Å². The van der Waals surface area contributed by atoms with Crippen LogP contribution in [0.4, 0.5) is 4.39 Å². The van der Waals surface area contributed by atoms with Gasteiger partial charge in [0, 0.05) is 16.5 Å². The van der Waals surface area contributed by atoms with Crippen LogP contribution in [0.1, 0.15) is 48.4 Å². The summed E-state index contributed by atoms with van der Waals surface area (Å²) in [5.74, 6) is -0.181. The van der Waals surface area contributed by atoms with Gasteiger partial charge in [0.2, 0.25) is 0 Å². The van der Waals surface area contributed by atoms with Crippen LogP contribution in [0, 0.1) is 12.7 Å². The van der Waals surface area contributed by atoms with Gasteiger partial charge in [-0.2, -0.15) is 0 Å². The Labute approximate surface area is 129 Å². The van der Waals surface area contributed by atoms with E-state index in [0.717, 1.165) is 35.5 Å². The maximum Gasteiger partial charge on any atom is 0.124 e. The normalized spacial score (nSPS) is 17.8. The second-order valence-corrected chi connectivity index (χ2v) is 6.72. The van der Waals surface area contributed by atoms with E-state index >= 15 is 0 Å². The molecule has 0 saturated heterocycles. The summed E-state index contributed by atoms with van der Waals surface area (Å²) in [4.78, 5) is 6.21. The van der Waals surface area contributed by atoms with Crippen molar-refractivity contribution in [3.05, 3.63) is 40.2 Å². The topological polar surface area (TPSA) is 24.9 Å². The molecule has 21 heavy (non-hydrogen) atoms. The summed E-state index contributed by atoms with van der Waals surface area (Å²) in [6, 6.07) is 5.40. The van der Waals surface area contributed by atoms with Gasteiger partial charge in [-0.15, -0.1) is 11.3 Å². The van der Waals surface area contributed by atoms with E-state index in [4.69, 9.17) is 4.98 Å². The van der Waals surface area contributed by atoms with Gasteiger partial charge in [-0.25, -0.2) is 9.37 Å². The molecule has 0 saturated carbocycles. The fourth-order valence-corrected chi connectivity index (χ4v) is 4.23.